The van der Waals surface area contributed by atoms with Gasteiger partial charge in [0.1, 0.15) is 10.6 Å². The SMILES string of the molecule is Nc1c(N/C=C2/C(=O)NC(=O)N(c3ccc(Cl)cc3)C2=O)sc2c1CCCC2. The van der Waals surface area contributed by atoms with E-state index in [1.54, 1.807) is 12.1 Å². The summed E-state index contributed by atoms with van der Waals surface area (Å²) in [4.78, 5) is 39.3. The molecule has 4 N–H and O–H groups in total. The molecular weight excluding hydrogens is 400 g/mol. The molecule has 2 aliphatic rings. The molecule has 0 bridgehead atoms. The Bertz CT molecular complexity index is 1010. The van der Waals surface area contributed by atoms with Crippen LogP contribution in [0.2, 0.25) is 5.02 Å². The number of urea groups is 1. The molecule has 1 aliphatic heterocycles. The number of nitrogens with one attached hydrogen (secondary N) is 2. The number of carbonyl (C=O) groups is 3. The van der Waals surface area contributed by atoms with Crippen LogP contribution in [-0.2, 0) is 22.4 Å². The minimum absolute atomic E-state index is 0.180. The quantitative estimate of drug-likeness (QED) is 0.525. The van der Waals surface area contributed by atoms with Gasteiger partial charge < -0.3 is 11.1 Å². The average Bonchev–Trinajstić information content (AvgIpc) is 2.99. The first-order chi connectivity index (χ1) is 13.5. The first-order valence-corrected chi connectivity index (χ1v) is 9.97. The molecule has 0 atom stereocenters. The van der Waals surface area contributed by atoms with Gasteiger partial charge in [0.05, 0.1) is 11.4 Å². The number of thiophene rings is 1. The fraction of sp³-hybridized carbons (Fsp3) is 0.211. The standard InChI is InChI=1S/C19H17ClN4O3S/c20-10-5-7-11(8-6-10)24-18(26)13(16(25)23-19(24)27)9-22-17-15(21)12-3-1-2-4-14(12)28-17/h5-9,22H,1-4,21H2,(H,23,25,27)/b13-9-. The number of hydrogen-bond acceptors (Lipinski definition) is 6. The van der Waals surface area contributed by atoms with Crippen molar-refractivity contribution in [1.29, 1.82) is 0 Å². The van der Waals surface area contributed by atoms with E-state index in [1.165, 1.54) is 34.5 Å². The van der Waals surface area contributed by atoms with Crippen LogP contribution in [0.15, 0.2) is 36.0 Å². The lowest BCUT2D eigenvalue weighted by Gasteiger charge is -2.26. The number of carbonyl (C=O) groups excluding carboxylic acids is 3. The molecule has 4 rings (SSSR count). The van der Waals surface area contributed by atoms with Gasteiger partial charge in [-0.3, -0.25) is 14.9 Å². The number of rotatable bonds is 3. The summed E-state index contributed by atoms with van der Waals surface area (Å²) in [7, 11) is 0. The van der Waals surface area contributed by atoms with Crippen molar-refractivity contribution in [1.82, 2.24) is 5.32 Å². The second-order valence-corrected chi connectivity index (χ2v) is 8.07. The van der Waals surface area contributed by atoms with Crippen molar-refractivity contribution in [2.75, 3.05) is 16.0 Å². The van der Waals surface area contributed by atoms with Gasteiger partial charge in [-0.1, -0.05) is 11.6 Å². The zero-order valence-corrected chi connectivity index (χ0v) is 16.3. The number of nitrogens with zero attached hydrogens (tertiary/aromatic N) is 1. The maximum Gasteiger partial charge on any atom is 0.335 e. The Hall–Kier alpha value is -2.84. The van der Waals surface area contributed by atoms with Gasteiger partial charge in [-0.2, -0.15) is 0 Å². The molecule has 9 heteroatoms. The van der Waals surface area contributed by atoms with Crippen LogP contribution in [0.5, 0.6) is 0 Å². The second kappa shape index (κ2) is 7.29. The lowest BCUT2D eigenvalue weighted by Crippen LogP contribution is -2.54. The Morgan fingerprint density at radius 2 is 1.86 bits per heavy atom. The minimum atomic E-state index is -0.805. The fourth-order valence-corrected chi connectivity index (χ4v) is 4.62. The van der Waals surface area contributed by atoms with Gasteiger partial charge in [0.25, 0.3) is 11.8 Å². The highest BCUT2D eigenvalue weighted by molar-refractivity contribution is 7.17. The predicted molar refractivity (Wildman–Crippen MR) is 110 cm³/mol. The molecule has 1 fully saturated rings. The smallest absolute Gasteiger partial charge is 0.335 e. The van der Waals surface area contributed by atoms with E-state index < -0.39 is 17.8 Å². The predicted octanol–water partition coefficient (Wildman–Crippen LogP) is 3.44. The maximum absolute atomic E-state index is 12.8. The lowest BCUT2D eigenvalue weighted by atomic mass is 9.98. The largest absolute Gasteiger partial charge is 0.396 e. The van der Waals surface area contributed by atoms with E-state index in [0.29, 0.717) is 21.4 Å². The highest BCUT2D eigenvalue weighted by Crippen LogP contribution is 2.40. The molecule has 1 saturated heterocycles. The number of nitrogens with two attached hydrogens (primary N) is 1. The zero-order valence-electron chi connectivity index (χ0n) is 14.8. The molecule has 2 aromatic rings. The number of nitrogen functional groups attached to an aromatic ring is 1. The molecule has 1 aromatic heterocycles. The Morgan fingerprint density at radius 3 is 2.57 bits per heavy atom. The van der Waals surface area contributed by atoms with Crippen LogP contribution < -0.4 is 21.3 Å². The topological polar surface area (TPSA) is 105 Å². The molecule has 2 heterocycles. The fourth-order valence-electron chi connectivity index (χ4n) is 3.32. The summed E-state index contributed by atoms with van der Waals surface area (Å²) in [6.45, 7) is 0. The number of fused-ring (bicyclic) bond motifs is 1. The molecule has 0 unspecified atom stereocenters. The lowest BCUT2D eigenvalue weighted by molar-refractivity contribution is -0.122. The van der Waals surface area contributed by atoms with Crippen LogP contribution in [0.3, 0.4) is 0 Å². The number of halogens is 1. The average molecular weight is 417 g/mol. The zero-order chi connectivity index (χ0) is 19.8. The molecule has 1 aliphatic carbocycles. The van der Waals surface area contributed by atoms with E-state index >= 15 is 0 Å². The van der Waals surface area contributed by atoms with Gasteiger partial charge in [0.15, 0.2) is 0 Å². The summed E-state index contributed by atoms with van der Waals surface area (Å²) >= 11 is 7.39. The Labute approximate surface area is 170 Å². The molecule has 0 radical (unpaired) electrons. The monoisotopic (exact) mass is 416 g/mol. The molecule has 28 heavy (non-hydrogen) atoms. The van der Waals surface area contributed by atoms with Crippen LogP contribution in [0.1, 0.15) is 23.3 Å². The van der Waals surface area contributed by atoms with E-state index in [1.807, 2.05) is 0 Å². The number of amides is 4. The number of benzene rings is 1. The van der Waals surface area contributed by atoms with Crippen molar-refractivity contribution < 1.29 is 14.4 Å². The van der Waals surface area contributed by atoms with E-state index in [4.69, 9.17) is 17.3 Å². The van der Waals surface area contributed by atoms with Crippen molar-refractivity contribution in [3.05, 3.63) is 51.5 Å². The normalized spacial score (nSPS) is 18.2. The highest BCUT2D eigenvalue weighted by Gasteiger charge is 2.37. The maximum atomic E-state index is 12.8. The summed E-state index contributed by atoms with van der Waals surface area (Å²) in [5.74, 6) is -1.48. The van der Waals surface area contributed by atoms with Crippen molar-refractivity contribution >= 4 is 57.2 Å². The molecule has 1 aromatic carbocycles. The third-order valence-corrected chi connectivity index (χ3v) is 6.24. The Kier molecular flexibility index (Phi) is 4.82. The van der Waals surface area contributed by atoms with Gasteiger partial charge in [-0.05, 0) is 55.5 Å². The minimum Gasteiger partial charge on any atom is -0.396 e. The summed E-state index contributed by atoms with van der Waals surface area (Å²) in [6, 6.07) is 5.39. The third kappa shape index (κ3) is 3.25. The van der Waals surface area contributed by atoms with Crippen molar-refractivity contribution in [2.24, 2.45) is 0 Å². The molecule has 4 amide bonds. The van der Waals surface area contributed by atoms with Crippen LogP contribution in [0, 0.1) is 0 Å². The van der Waals surface area contributed by atoms with Crippen molar-refractivity contribution in [3.8, 4) is 0 Å². The first-order valence-electron chi connectivity index (χ1n) is 8.77. The second-order valence-electron chi connectivity index (χ2n) is 6.53. The molecule has 0 spiro atoms. The number of hydrogen-bond donors (Lipinski definition) is 3. The summed E-state index contributed by atoms with van der Waals surface area (Å²) < 4.78 is 0. The van der Waals surface area contributed by atoms with E-state index in [9.17, 15) is 14.4 Å². The summed E-state index contributed by atoms with van der Waals surface area (Å²) in [5.41, 5.74) is 8.16. The van der Waals surface area contributed by atoms with Gasteiger partial charge >= 0.3 is 6.03 Å². The van der Waals surface area contributed by atoms with E-state index in [-0.39, 0.29) is 5.57 Å². The van der Waals surface area contributed by atoms with Crippen LogP contribution >= 0.6 is 22.9 Å². The number of imide groups is 2. The van der Waals surface area contributed by atoms with Crippen molar-refractivity contribution in [3.63, 3.8) is 0 Å². The Balaban J connectivity index is 1.62. The molecular formula is C19H17ClN4O3S. The van der Waals surface area contributed by atoms with Crippen LogP contribution in [-0.4, -0.2) is 17.8 Å². The van der Waals surface area contributed by atoms with E-state index in [2.05, 4.69) is 10.6 Å². The van der Waals surface area contributed by atoms with Crippen molar-refractivity contribution in [2.45, 2.75) is 25.7 Å². The first kappa shape index (κ1) is 18.5. The number of aryl methyl sites for hydroxylation is 1. The van der Waals surface area contributed by atoms with Gasteiger partial charge in [-0.25, -0.2) is 9.69 Å². The molecule has 7 nitrogen and oxygen atoms in total. The highest BCUT2D eigenvalue weighted by atomic mass is 35.5. The molecule has 144 valence electrons. The number of anilines is 3. The van der Waals surface area contributed by atoms with E-state index in [0.717, 1.165) is 36.1 Å². The summed E-state index contributed by atoms with van der Waals surface area (Å²) in [6.07, 6.45) is 5.47. The molecule has 0 saturated carbocycles. The van der Waals surface area contributed by atoms with Crippen LogP contribution in [0.4, 0.5) is 21.2 Å². The third-order valence-electron chi connectivity index (χ3n) is 4.75. The van der Waals surface area contributed by atoms with Crippen LogP contribution in [0.25, 0.3) is 0 Å². The van der Waals surface area contributed by atoms with Gasteiger partial charge in [0, 0.05) is 16.1 Å². The number of barbiturate groups is 1. The Morgan fingerprint density at radius 1 is 1.14 bits per heavy atom. The van der Waals surface area contributed by atoms with Gasteiger partial charge in [-0.15, -0.1) is 11.3 Å². The summed E-state index contributed by atoms with van der Waals surface area (Å²) in [5, 5.41) is 6.34. The van der Waals surface area contributed by atoms with Gasteiger partial charge in [0.2, 0.25) is 0 Å².